The van der Waals surface area contributed by atoms with Gasteiger partial charge >= 0.3 is 5.97 Å². The predicted octanol–water partition coefficient (Wildman–Crippen LogP) is 1.15. The maximum atomic E-state index is 10.4. The number of nitrogens with one attached hydrogen (secondary N) is 1. The number of hydrogen-bond donors (Lipinski definition) is 2. The van der Waals surface area contributed by atoms with Gasteiger partial charge in [-0.3, -0.25) is 4.79 Å². The number of hydrogen-bond acceptors (Lipinski definition) is 5. The third kappa shape index (κ3) is 3.80. The average Bonchev–Trinajstić information content (AvgIpc) is 2.21. The molecule has 2 N–H and O–H groups in total. The maximum Gasteiger partial charge on any atom is 0.303 e. The highest BCUT2D eigenvalue weighted by Crippen LogP contribution is 2.06. The minimum Gasteiger partial charge on any atom is -0.481 e. The van der Waals surface area contributed by atoms with Gasteiger partial charge in [0.2, 0.25) is 5.95 Å². The molecule has 16 heavy (non-hydrogen) atoms. The van der Waals surface area contributed by atoms with Crippen molar-refractivity contribution in [3.8, 4) is 0 Å². The molecule has 0 saturated carbocycles. The molecule has 6 heteroatoms. The van der Waals surface area contributed by atoms with Crippen LogP contribution in [0.25, 0.3) is 0 Å². The van der Waals surface area contributed by atoms with Crippen LogP contribution in [-0.2, 0) is 4.79 Å². The molecule has 0 amide bonds. The van der Waals surface area contributed by atoms with Gasteiger partial charge in [-0.25, -0.2) is 4.98 Å². The van der Waals surface area contributed by atoms with Gasteiger partial charge in [0.15, 0.2) is 0 Å². The molecule has 0 spiro atoms. The molecular formula is C10H16N4O2. The fourth-order valence-corrected chi connectivity index (χ4v) is 1.15. The molecule has 1 unspecified atom stereocenters. The highest BCUT2D eigenvalue weighted by molar-refractivity contribution is 5.66. The third-order valence-electron chi connectivity index (χ3n) is 2.26. The Hall–Kier alpha value is -1.72. The molecule has 1 heterocycles. The van der Waals surface area contributed by atoms with E-state index in [0.717, 1.165) is 11.4 Å². The number of carboxylic acids is 1. The Morgan fingerprint density at radius 3 is 2.62 bits per heavy atom. The van der Waals surface area contributed by atoms with Crippen LogP contribution in [0.5, 0.6) is 0 Å². The fraction of sp³-hybridized carbons (Fsp3) is 0.600. The van der Waals surface area contributed by atoms with E-state index in [4.69, 9.17) is 5.11 Å². The molecule has 0 aromatic carbocycles. The second kappa shape index (κ2) is 5.39. The van der Waals surface area contributed by atoms with Crippen LogP contribution >= 0.6 is 0 Å². The second-order valence-electron chi connectivity index (χ2n) is 3.78. The molecule has 6 nitrogen and oxygen atoms in total. The number of aromatic nitrogens is 3. The van der Waals surface area contributed by atoms with E-state index >= 15 is 0 Å². The monoisotopic (exact) mass is 224 g/mol. The number of anilines is 1. The van der Waals surface area contributed by atoms with Crippen molar-refractivity contribution in [1.29, 1.82) is 0 Å². The number of carboxylic acid groups (broad SMARTS) is 1. The van der Waals surface area contributed by atoms with E-state index in [-0.39, 0.29) is 12.5 Å². The molecule has 0 aliphatic heterocycles. The van der Waals surface area contributed by atoms with E-state index in [1.54, 1.807) is 0 Å². The number of aryl methyl sites for hydroxylation is 2. The Balaban J connectivity index is 2.52. The van der Waals surface area contributed by atoms with Gasteiger partial charge in [0, 0.05) is 12.5 Å². The van der Waals surface area contributed by atoms with Crippen LogP contribution in [0.1, 0.15) is 31.2 Å². The highest BCUT2D eigenvalue weighted by Gasteiger charge is 2.08. The van der Waals surface area contributed by atoms with Crippen molar-refractivity contribution in [2.24, 2.45) is 0 Å². The lowest BCUT2D eigenvalue weighted by atomic mass is 10.2. The number of rotatable bonds is 5. The van der Waals surface area contributed by atoms with Crippen molar-refractivity contribution in [2.45, 2.75) is 39.7 Å². The number of carbonyl (C=O) groups is 1. The first-order chi connectivity index (χ1) is 7.49. The van der Waals surface area contributed by atoms with Crippen LogP contribution in [0.4, 0.5) is 5.95 Å². The topological polar surface area (TPSA) is 88.0 Å². The lowest BCUT2D eigenvalue weighted by Gasteiger charge is -2.12. The summed E-state index contributed by atoms with van der Waals surface area (Å²) >= 11 is 0. The molecule has 0 aliphatic rings. The Morgan fingerprint density at radius 2 is 2.06 bits per heavy atom. The fourth-order valence-electron chi connectivity index (χ4n) is 1.15. The smallest absolute Gasteiger partial charge is 0.303 e. The first-order valence-corrected chi connectivity index (χ1v) is 5.15. The van der Waals surface area contributed by atoms with E-state index in [0.29, 0.717) is 12.4 Å². The number of nitrogens with zero attached hydrogens (tertiary/aromatic N) is 3. The Bertz CT molecular complexity index is 381. The Labute approximate surface area is 94.1 Å². The molecular weight excluding hydrogens is 208 g/mol. The molecule has 1 rings (SSSR count). The summed E-state index contributed by atoms with van der Waals surface area (Å²) in [4.78, 5) is 14.6. The van der Waals surface area contributed by atoms with Gasteiger partial charge in [0.1, 0.15) is 0 Å². The summed E-state index contributed by atoms with van der Waals surface area (Å²) in [6.45, 7) is 5.59. The molecule has 0 bridgehead atoms. The number of aliphatic carboxylic acids is 1. The summed E-state index contributed by atoms with van der Waals surface area (Å²) in [5, 5.41) is 19.4. The van der Waals surface area contributed by atoms with Crippen LogP contribution in [0.3, 0.4) is 0 Å². The van der Waals surface area contributed by atoms with E-state index in [1.165, 1.54) is 0 Å². The van der Waals surface area contributed by atoms with Gasteiger partial charge < -0.3 is 10.4 Å². The standard InChI is InChI=1S/C10H16N4O2/c1-6(4-5-9(15)16)11-10-12-7(2)8(3)13-14-10/h6H,4-5H2,1-3H3,(H,15,16)(H,11,12,14). The zero-order chi connectivity index (χ0) is 12.1. The predicted molar refractivity (Wildman–Crippen MR) is 59.3 cm³/mol. The molecule has 0 aliphatic carbocycles. The largest absolute Gasteiger partial charge is 0.481 e. The van der Waals surface area contributed by atoms with Crippen molar-refractivity contribution in [2.75, 3.05) is 5.32 Å². The lowest BCUT2D eigenvalue weighted by molar-refractivity contribution is -0.137. The zero-order valence-corrected chi connectivity index (χ0v) is 9.69. The Kier molecular flexibility index (Phi) is 4.16. The van der Waals surface area contributed by atoms with E-state index < -0.39 is 5.97 Å². The minimum absolute atomic E-state index is 0.0139. The summed E-state index contributed by atoms with van der Waals surface area (Å²) in [5.74, 6) is -0.353. The zero-order valence-electron chi connectivity index (χ0n) is 9.69. The summed E-state index contributed by atoms with van der Waals surface area (Å²) < 4.78 is 0. The Morgan fingerprint density at radius 1 is 1.38 bits per heavy atom. The highest BCUT2D eigenvalue weighted by atomic mass is 16.4. The first-order valence-electron chi connectivity index (χ1n) is 5.15. The van der Waals surface area contributed by atoms with Crippen LogP contribution in [0.15, 0.2) is 0 Å². The molecule has 88 valence electrons. The van der Waals surface area contributed by atoms with Crippen molar-refractivity contribution in [3.63, 3.8) is 0 Å². The van der Waals surface area contributed by atoms with Gasteiger partial charge in [-0.15, -0.1) is 5.10 Å². The molecule has 1 aromatic heterocycles. The van der Waals surface area contributed by atoms with Crippen LogP contribution in [0.2, 0.25) is 0 Å². The average molecular weight is 224 g/mol. The molecule has 1 aromatic rings. The van der Waals surface area contributed by atoms with Crippen molar-refractivity contribution in [1.82, 2.24) is 15.2 Å². The van der Waals surface area contributed by atoms with Gasteiger partial charge in [0.25, 0.3) is 0 Å². The molecule has 1 atom stereocenters. The lowest BCUT2D eigenvalue weighted by Crippen LogP contribution is -2.19. The summed E-state index contributed by atoms with van der Waals surface area (Å²) in [6, 6.07) is 0.0139. The summed E-state index contributed by atoms with van der Waals surface area (Å²) in [5.41, 5.74) is 1.62. The SMILES string of the molecule is Cc1nnc(NC(C)CCC(=O)O)nc1C. The van der Waals surface area contributed by atoms with Crippen LogP contribution < -0.4 is 5.32 Å². The molecule has 0 radical (unpaired) electrons. The second-order valence-corrected chi connectivity index (χ2v) is 3.78. The van der Waals surface area contributed by atoms with Crippen molar-refractivity contribution in [3.05, 3.63) is 11.4 Å². The first kappa shape index (κ1) is 12.4. The summed E-state index contributed by atoms with van der Waals surface area (Å²) in [7, 11) is 0. The van der Waals surface area contributed by atoms with E-state index in [1.807, 2.05) is 20.8 Å². The van der Waals surface area contributed by atoms with Crippen LogP contribution in [-0.4, -0.2) is 32.3 Å². The maximum absolute atomic E-state index is 10.4. The van der Waals surface area contributed by atoms with Gasteiger partial charge in [-0.2, -0.15) is 5.10 Å². The molecule has 0 fully saturated rings. The van der Waals surface area contributed by atoms with Gasteiger partial charge in [-0.05, 0) is 27.2 Å². The molecule has 0 saturated heterocycles. The van der Waals surface area contributed by atoms with Crippen LogP contribution in [0, 0.1) is 13.8 Å². The van der Waals surface area contributed by atoms with E-state index in [2.05, 4.69) is 20.5 Å². The van der Waals surface area contributed by atoms with Crippen molar-refractivity contribution >= 4 is 11.9 Å². The quantitative estimate of drug-likeness (QED) is 0.780. The summed E-state index contributed by atoms with van der Waals surface area (Å²) in [6.07, 6.45) is 0.665. The van der Waals surface area contributed by atoms with Crippen molar-refractivity contribution < 1.29 is 9.90 Å². The third-order valence-corrected chi connectivity index (χ3v) is 2.26. The normalized spacial score (nSPS) is 12.2. The van der Waals surface area contributed by atoms with Gasteiger partial charge in [0.05, 0.1) is 11.4 Å². The van der Waals surface area contributed by atoms with E-state index in [9.17, 15) is 4.79 Å². The minimum atomic E-state index is -0.798. The van der Waals surface area contributed by atoms with Gasteiger partial charge in [-0.1, -0.05) is 0 Å².